The van der Waals surface area contributed by atoms with Crippen molar-refractivity contribution in [1.82, 2.24) is 9.88 Å². The van der Waals surface area contributed by atoms with Crippen LogP contribution in [0.25, 0.3) is 10.9 Å². The number of carbonyl (C=O) groups is 1. The summed E-state index contributed by atoms with van der Waals surface area (Å²) in [4.78, 5) is 18.5. The van der Waals surface area contributed by atoms with Crippen LogP contribution in [0.5, 0.6) is 5.75 Å². The van der Waals surface area contributed by atoms with E-state index in [1.54, 1.807) is 43.3 Å². The normalized spacial score (nSPS) is 16.4. The van der Waals surface area contributed by atoms with Gasteiger partial charge in [-0.25, -0.2) is 18.0 Å². The van der Waals surface area contributed by atoms with E-state index in [-0.39, 0.29) is 11.3 Å². The van der Waals surface area contributed by atoms with E-state index in [4.69, 9.17) is 9.47 Å². The van der Waals surface area contributed by atoms with E-state index in [1.807, 2.05) is 20.8 Å². The van der Waals surface area contributed by atoms with E-state index in [1.165, 1.54) is 12.1 Å². The third-order valence-electron chi connectivity index (χ3n) is 7.10. The number of phenolic OH excluding ortho intramolecular Hbond substituents is 1. The van der Waals surface area contributed by atoms with Crippen LogP contribution in [0.4, 0.5) is 23.7 Å². The number of amides is 1. The van der Waals surface area contributed by atoms with Crippen LogP contribution in [0.2, 0.25) is 0 Å². The van der Waals surface area contributed by atoms with Crippen LogP contribution in [0.1, 0.15) is 69.7 Å². The van der Waals surface area contributed by atoms with Gasteiger partial charge in [-0.3, -0.25) is 4.98 Å². The van der Waals surface area contributed by atoms with Crippen molar-refractivity contribution < 1.29 is 32.5 Å². The summed E-state index contributed by atoms with van der Waals surface area (Å²) >= 11 is 0. The number of fused-ring (bicyclic) bond motifs is 1. The molecule has 2 N–H and O–H groups in total. The number of carbonyl (C=O) groups excluding carboxylic acids is 1. The molecule has 1 aromatic heterocycles. The maximum Gasteiger partial charge on any atom is 0.410 e. The Bertz CT molecular complexity index is 1350. The second-order valence-corrected chi connectivity index (χ2v) is 10.8. The van der Waals surface area contributed by atoms with Gasteiger partial charge in [-0.15, -0.1) is 0 Å². The Hall–Kier alpha value is -3.53. The summed E-state index contributed by atoms with van der Waals surface area (Å²) in [5, 5.41) is 14.9. The van der Waals surface area contributed by atoms with E-state index in [0.29, 0.717) is 48.1 Å². The lowest BCUT2D eigenvalue weighted by molar-refractivity contribution is -0.0660. The molecule has 2 aromatic carbocycles. The molecule has 0 bridgehead atoms. The van der Waals surface area contributed by atoms with Gasteiger partial charge in [-0.1, -0.05) is 18.2 Å². The van der Waals surface area contributed by atoms with Crippen molar-refractivity contribution in [3.8, 4) is 5.75 Å². The minimum absolute atomic E-state index is 0.00319. The number of phenols is 1. The molecule has 4 rings (SSSR count). The van der Waals surface area contributed by atoms with Crippen molar-refractivity contribution in [1.29, 1.82) is 0 Å². The van der Waals surface area contributed by atoms with Crippen LogP contribution in [0, 0.1) is 5.82 Å². The van der Waals surface area contributed by atoms with Crippen LogP contribution in [-0.4, -0.2) is 46.9 Å². The van der Waals surface area contributed by atoms with Crippen molar-refractivity contribution in [2.45, 2.75) is 64.2 Å². The first-order valence-corrected chi connectivity index (χ1v) is 12.8. The minimum atomic E-state index is -2.92. The summed E-state index contributed by atoms with van der Waals surface area (Å²) in [6, 6.07) is 8.35. The van der Waals surface area contributed by atoms with Crippen molar-refractivity contribution in [2.24, 2.45) is 0 Å². The SMILES string of the molecule is COC1(c2cc3c(N[C@H](C)c4cccc(C(F)F)c4F)ccnc3cc2O)CCN(C(=O)OC(C)(C)C)CC1. The van der Waals surface area contributed by atoms with Gasteiger partial charge in [0.2, 0.25) is 0 Å². The lowest BCUT2D eigenvalue weighted by atomic mass is 9.83. The van der Waals surface area contributed by atoms with Gasteiger partial charge in [0.1, 0.15) is 17.2 Å². The predicted octanol–water partition coefficient (Wildman–Crippen LogP) is 7.06. The van der Waals surface area contributed by atoms with Crippen LogP contribution in [0.15, 0.2) is 42.6 Å². The number of ether oxygens (including phenoxy) is 2. The Labute approximate surface area is 225 Å². The van der Waals surface area contributed by atoms with E-state index < -0.39 is 41.1 Å². The highest BCUT2D eigenvalue weighted by atomic mass is 19.3. The van der Waals surface area contributed by atoms with Crippen molar-refractivity contribution in [3.63, 3.8) is 0 Å². The number of nitrogens with zero attached hydrogens (tertiary/aromatic N) is 2. The highest BCUT2D eigenvalue weighted by Crippen LogP contribution is 2.43. The quantitative estimate of drug-likeness (QED) is 0.345. The Morgan fingerprint density at radius 3 is 2.44 bits per heavy atom. The van der Waals surface area contributed by atoms with Crippen molar-refractivity contribution in [3.05, 3.63) is 65.1 Å². The fourth-order valence-corrected chi connectivity index (χ4v) is 5.02. The number of piperidine rings is 1. The number of likely N-dealkylation sites (tertiary alicyclic amines) is 1. The molecule has 2 heterocycles. The molecule has 1 amide bonds. The number of benzene rings is 2. The lowest BCUT2D eigenvalue weighted by Gasteiger charge is -2.41. The Morgan fingerprint density at radius 2 is 1.82 bits per heavy atom. The van der Waals surface area contributed by atoms with Gasteiger partial charge in [0, 0.05) is 54.7 Å². The first-order chi connectivity index (χ1) is 18.3. The number of aromatic nitrogens is 1. The number of hydrogen-bond donors (Lipinski definition) is 2. The number of methoxy groups -OCH3 is 1. The molecule has 10 heteroatoms. The van der Waals surface area contributed by atoms with E-state index in [2.05, 4.69) is 10.3 Å². The lowest BCUT2D eigenvalue weighted by Crippen LogP contribution is -2.47. The van der Waals surface area contributed by atoms with E-state index in [9.17, 15) is 23.1 Å². The predicted molar refractivity (Wildman–Crippen MR) is 143 cm³/mol. The number of aromatic hydroxyl groups is 1. The third kappa shape index (κ3) is 5.90. The maximum atomic E-state index is 14.8. The molecule has 1 atom stereocenters. The van der Waals surface area contributed by atoms with Gasteiger partial charge in [0.15, 0.2) is 0 Å². The average Bonchev–Trinajstić information content (AvgIpc) is 2.87. The summed E-state index contributed by atoms with van der Waals surface area (Å²) in [5.74, 6) is -0.942. The molecular formula is C29H34F3N3O4. The number of hydrogen-bond acceptors (Lipinski definition) is 6. The largest absolute Gasteiger partial charge is 0.507 e. The maximum absolute atomic E-state index is 14.8. The standard InChI is InChI=1S/C29H34F3N3O4/c1-17(18-7-6-8-19(25(18)30)26(31)32)34-22-9-12-33-23-16-24(36)21(15-20(22)23)29(38-5)10-13-35(14-11-29)27(37)39-28(2,3)4/h6-9,12,15-17,26,36H,10-11,13-14H2,1-5H3,(H,33,34)/t17-/m1/s1. The first-order valence-electron chi connectivity index (χ1n) is 12.8. The molecule has 210 valence electrons. The Morgan fingerprint density at radius 1 is 1.15 bits per heavy atom. The third-order valence-corrected chi connectivity index (χ3v) is 7.10. The Kier molecular flexibility index (Phi) is 7.97. The van der Waals surface area contributed by atoms with Gasteiger partial charge in [-0.05, 0) is 52.7 Å². The topological polar surface area (TPSA) is 83.9 Å². The smallest absolute Gasteiger partial charge is 0.410 e. The molecule has 1 aliphatic heterocycles. The van der Waals surface area contributed by atoms with Gasteiger partial charge >= 0.3 is 6.09 Å². The minimum Gasteiger partial charge on any atom is -0.507 e. The molecule has 39 heavy (non-hydrogen) atoms. The number of halogens is 3. The summed E-state index contributed by atoms with van der Waals surface area (Å²) in [7, 11) is 1.57. The molecule has 0 aliphatic carbocycles. The summed E-state index contributed by atoms with van der Waals surface area (Å²) in [6.45, 7) is 7.86. The fraction of sp³-hybridized carbons (Fsp3) is 0.448. The number of pyridine rings is 1. The van der Waals surface area contributed by atoms with E-state index >= 15 is 0 Å². The number of alkyl halides is 2. The molecule has 1 aliphatic rings. The van der Waals surface area contributed by atoms with Crippen LogP contribution >= 0.6 is 0 Å². The van der Waals surface area contributed by atoms with E-state index in [0.717, 1.165) is 6.07 Å². The van der Waals surface area contributed by atoms with Crippen LogP contribution in [-0.2, 0) is 15.1 Å². The summed E-state index contributed by atoms with van der Waals surface area (Å²) in [5.41, 5.74) is -0.391. The Balaban J connectivity index is 1.65. The number of anilines is 1. The van der Waals surface area contributed by atoms with Crippen molar-refractivity contribution in [2.75, 3.05) is 25.5 Å². The molecule has 0 spiro atoms. The van der Waals surface area contributed by atoms with Gasteiger partial charge < -0.3 is 24.8 Å². The molecule has 1 saturated heterocycles. The van der Waals surface area contributed by atoms with Crippen LogP contribution in [0.3, 0.4) is 0 Å². The first kappa shape index (κ1) is 28.5. The molecule has 7 nitrogen and oxygen atoms in total. The zero-order valence-electron chi connectivity index (χ0n) is 22.7. The molecule has 1 fully saturated rings. The highest BCUT2D eigenvalue weighted by Gasteiger charge is 2.40. The zero-order chi connectivity index (χ0) is 28.5. The molecule has 0 unspecified atom stereocenters. The molecule has 0 radical (unpaired) electrons. The van der Waals surface area contributed by atoms with Gasteiger partial charge in [0.05, 0.1) is 22.7 Å². The van der Waals surface area contributed by atoms with Gasteiger partial charge in [-0.2, -0.15) is 0 Å². The molecule has 3 aromatic rings. The van der Waals surface area contributed by atoms with Gasteiger partial charge in [0.25, 0.3) is 6.43 Å². The zero-order valence-corrected chi connectivity index (χ0v) is 22.7. The fourth-order valence-electron chi connectivity index (χ4n) is 5.02. The highest BCUT2D eigenvalue weighted by molar-refractivity contribution is 5.93. The second kappa shape index (κ2) is 10.9. The average molecular weight is 546 g/mol. The summed E-state index contributed by atoms with van der Waals surface area (Å²) < 4.78 is 52.8. The second-order valence-electron chi connectivity index (χ2n) is 10.8. The molecular weight excluding hydrogens is 511 g/mol. The molecule has 0 saturated carbocycles. The van der Waals surface area contributed by atoms with Crippen LogP contribution < -0.4 is 5.32 Å². The van der Waals surface area contributed by atoms with Crippen molar-refractivity contribution >= 4 is 22.7 Å². The summed E-state index contributed by atoms with van der Waals surface area (Å²) in [6.07, 6.45) is -0.924. The number of nitrogens with one attached hydrogen (secondary N) is 1. The monoisotopic (exact) mass is 545 g/mol. The number of rotatable bonds is 6.